The van der Waals surface area contributed by atoms with Crippen LogP contribution < -0.4 is 5.32 Å². The van der Waals surface area contributed by atoms with Gasteiger partial charge in [0.1, 0.15) is 5.76 Å². The molecule has 2 heterocycles. The lowest BCUT2D eigenvalue weighted by Gasteiger charge is -2.10. The number of halogens is 2. The van der Waals surface area contributed by atoms with Gasteiger partial charge in [0.05, 0.1) is 22.0 Å². The summed E-state index contributed by atoms with van der Waals surface area (Å²) in [4.78, 5) is 28.4. The Labute approximate surface area is 174 Å². The summed E-state index contributed by atoms with van der Waals surface area (Å²) in [7, 11) is 0. The number of aromatic nitrogens is 1. The van der Waals surface area contributed by atoms with E-state index in [1.54, 1.807) is 35.7 Å². The monoisotopic (exact) mass is 436 g/mol. The van der Waals surface area contributed by atoms with Gasteiger partial charge in [-0.3, -0.25) is 10.1 Å². The number of furan rings is 1. The van der Waals surface area contributed by atoms with Gasteiger partial charge in [0.15, 0.2) is 11.2 Å². The fraction of sp³-hybridized carbons (Fsp3) is 0.105. The predicted molar refractivity (Wildman–Crippen MR) is 109 cm³/mol. The van der Waals surface area contributed by atoms with Crippen LogP contribution in [-0.2, 0) is 14.3 Å². The molecule has 1 N–H and O–H groups in total. The summed E-state index contributed by atoms with van der Waals surface area (Å²) in [5.41, 5.74) is 1.42. The highest BCUT2D eigenvalue weighted by molar-refractivity contribution is 7.14. The third-order valence-corrected chi connectivity index (χ3v) is 5.04. The Morgan fingerprint density at radius 2 is 2.11 bits per heavy atom. The van der Waals surface area contributed by atoms with Crippen molar-refractivity contribution in [2.24, 2.45) is 0 Å². The van der Waals surface area contributed by atoms with Gasteiger partial charge >= 0.3 is 5.97 Å². The van der Waals surface area contributed by atoms with Gasteiger partial charge in [0.2, 0.25) is 0 Å². The van der Waals surface area contributed by atoms with Gasteiger partial charge in [-0.25, -0.2) is 9.78 Å². The van der Waals surface area contributed by atoms with Gasteiger partial charge in [0, 0.05) is 17.0 Å². The van der Waals surface area contributed by atoms with Gasteiger partial charge < -0.3 is 9.15 Å². The molecule has 1 amide bonds. The Hall–Kier alpha value is -2.61. The summed E-state index contributed by atoms with van der Waals surface area (Å²) >= 11 is 13.2. The summed E-state index contributed by atoms with van der Waals surface area (Å²) in [6.07, 6.45) is 3.14. The first kappa shape index (κ1) is 20.1. The Morgan fingerprint density at radius 3 is 2.82 bits per heavy atom. The van der Waals surface area contributed by atoms with E-state index in [1.807, 2.05) is 0 Å². The molecule has 0 aliphatic carbocycles. The maximum absolute atomic E-state index is 12.2. The van der Waals surface area contributed by atoms with Crippen LogP contribution >= 0.6 is 34.5 Å². The molecule has 2 aromatic heterocycles. The van der Waals surface area contributed by atoms with Gasteiger partial charge in [-0.15, -0.1) is 11.3 Å². The number of hydrogen-bond donors (Lipinski definition) is 1. The summed E-state index contributed by atoms with van der Waals surface area (Å²) in [6.45, 7) is 1.47. The maximum Gasteiger partial charge on any atom is 0.331 e. The normalized spacial score (nSPS) is 12.1. The van der Waals surface area contributed by atoms with Crippen molar-refractivity contribution >= 4 is 57.6 Å². The predicted octanol–water partition coefficient (Wildman–Crippen LogP) is 5.29. The van der Waals surface area contributed by atoms with Crippen LogP contribution in [0.5, 0.6) is 0 Å². The lowest BCUT2D eigenvalue weighted by molar-refractivity contribution is -0.148. The van der Waals surface area contributed by atoms with E-state index in [2.05, 4.69) is 10.3 Å². The smallest absolute Gasteiger partial charge is 0.331 e. The second-order valence-electron chi connectivity index (χ2n) is 5.58. The lowest BCUT2D eigenvalue weighted by atomic mass is 10.2. The average molecular weight is 437 g/mol. The van der Waals surface area contributed by atoms with E-state index in [0.717, 1.165) is 5.56 Å². The van der Waals surface area contributed by atoms with E-state index in [0.29, 0.717) is 26.6 Å². The van der Waals surface area contributed by atoms with Crippen LogP contribution in [0.2, 0.25) is 10.0 Å². The minimum absolute atomic E-state index is 0.375. The molecule has 0 saturated carbocycles. The number of ether oxygens (including phenoxy) is 1. The molecule has 28 heavy (non-hydrogen) atoms. The van der Waals surface area contributed by atoms with Crippen molar-refractivity contribution in [1.82, 2.24) is 4.98 Å². The summed E-state index contributed by atoms with van der Waals surface area (Å²) in [6, 6.07) is 8.54. The quantitative estimate of drug-likeness (QED) is 0.419. The summed E-state index contributed by atoms with van der Waals surface area (Å²) in [5, 5.41) is 5.64. The molecule has 0 radical (unpaired) electrons. The standard InChI is InChI=1S/C19H14Cl2N2O4S/c1-11(27-17(24)7-5-13-3-2-8-26-13)18(25)23-19-22-16(10-28-19)12-4-6-14(20)15(21)9-12/h2-11H,1H3,(H,22,23,25)/b7-5+. The topological polar surface area (TPSA) is 81.4 Å². The molecule has 0 spiro atoms. The zero-order valence-corrected chi connectivity index (χ0v) is 16.8. The van der Waals surface area contributed by atoms with Crippen molar-refractivity contribution in [2.75, 3.05) is 5.32 Å². The van der Waals surface area contributed by atoms with E-state index >= 15 is 0 Å². The van der Waals surface area contributed by atoms with Crippen LogP contribution in [0.15, 0.2) is 52.5 Å². The van der Waals surface area contributed by atoms with Gasteiger partial charge in [-0.05, 0) is 37.3 Å². The number of esters is 1. The second kappa shape index (κ2) is 9.05. The highest BCUT2D eigenvalue weighted by atomic mass is 35.5. The third kappa shape index (κ3) is 5.22. The Kier molecular flexibility index (Phi) is 6.51. The molecule has 0 bridgehead atoms. The maximum atomic E-state index is 12.2. The third-order valence-electron chi connectivity index (χ3n) is 3.54. The van der Waals surface area contributed by atoms with Crippen LogP contribution in [0.3, 0.4) is 0 Å². The molecule has 9 heteroatoms. The number of carbonyl (C=O) groups is 2. The first-order valence-corrected chi connectivity index (χ1v) is 9.70. The SMILES string of the molecule is CC(OC(=O)/C=C/c1ccco1)C(=O)Nc1nc(-c2ccc(Cl)c(Cl)c2)cs1. The molecule has 1 aromatic carbocycles. The second-order valence-corrected chi connectivity index (χ2v) is 7.26. The summed E-state index contributed by atoms with van der Waals surface area (Å²) < 4.78 is 10.1. The number of carbonyl (C=O) groups excluding carboxylic acids is 2. The Morgan fingerprint density at radius 1 is 1.29 bits per heavy atom. The zero-order chi connectivity index (χ0) is 20.1. The van der Waals surface area contributed by atoms with Gasteiger partial charge in [-0.1, -0.05) is 29.3 Å². The summed E-state index contributed by atoms with van der Waals surface area (Å²) in [5.74, 6) is -0.642. The number of amides is 1. The molecular weight excluding hydrogens is 423 g/mol. The first-order chi connectivity index (χ1) is 13.4. The van der Waals surface area contributed by atoms with Crippen molar-refractivity contribution in [1.29, 1.82) is 0 Å². The molecule has 3 rings (SSSR count). The molecule has 0 saturated heterocycles. The first-order valence-electron chi connectivity index (χ1n) is 8.06. The van der Waals surface area contributed by atoms with Crippen molar-refractivity contribution in [2.45, 2.75) is 13.0 Å². The molecule has 3 aromatic rings. The van der Waals surface area contributed by atoms with Crippen molar-refractivity contribution in [3.05, 3.63) is 63.9 Å². The minimum Gasteiger partial charge on any atom is -0.465 e. The largest absolute Gasteiger partial charge is 0.465 e. The molecule has 0 aliphatic heterocycles. The van der Waals surface area contributed by atoms with E-state index < -0.39 is 18.0 Å². The molecule has 1 atom stereocenters. The lowest BCUT2D eigenvalue weighted by Crippen LogP contribution is -2.29. The van der Waals surface area contributed by atoms with Crippen LogP contribution in [-0.4, -0.2) is 23.0 Å². The molecule has 6 nitrogen and oxygen atoms in total. The number of hydrogen-bond acceptors (Lipinski definition) is 6. The fourth-order valence-corrected chi connectivity index (χ4v) is 3.15. The van der Waals surface area contributed by atoms with Gasteiger partial charge in [0.25, 0.3) is 5.91 Å². The van der Waals surface area contributed by atoms with E-state index in [1.165, 1.54) is 36.7 Å². The molecule has 144 valence electrons. The van der Waals surface area contributed by atoms with Crippen LogP contribution in [0.25, 0.3) is 17.3 Å². The number of nitrogens with zero attached hydrogens (tertiary/aromatic N) is 1. The number of rotatable bonds is 6. The highest BCUT2D eigenvalue weighted by Crippen LogP contribution is 2.30. The number of thiazole rings is 1. The fourth-order valence-electron chi connectivity index (χ4n) is 2.13. The van der Waals surface area contributed by atoms with E-state index in [9.17, 15) is 9.59 Å². The van der Waals surface area contributed by atoms with Crippen LogP contribution in [0, 0.1) is 0 Å². The van der Waals surface area contributed by atoms with Gasteiger partial charge in [-0.2, -0.15) is 0 Å². The van der Waals surface area contributed by atoms with Crippen LogP contribution in [0.4, 0.5) is 5.13 Å². The zero-order valence-electron chi connectivity index (χ0n) is 14.5. The molecule has 0 fully saturated rings. The van der Waals surface area contributed by atoms with E-state index in [4.69, 9.17) is 32.4 Å². The average Bonchev–Trinajstić information content (AvgIpc) is 3.34. The molecular formula is C19H14Cl2N2O4S. The number of nitrogens with one attached hydrogen (secondary N) is 1. The number of anilines is 1. The van der Waals surface area contributed by atoms with Crippen molar-refractivity contribution < 1.29 is 18.7 Å². The molecule has 1 unspecified atom stereocenters. The highest BCUT2D eigenvalue weighted by Gasteiger charge is 2.18. The minimum atomic E-state index is -0.994. The molecule has 0 aliphatic rings. The van der Waals surface area contributed by atoms with Crippen molar-refractivity contribution in [3.8, 4) is 11.3 Å². The Balaban J connectivity index is 1.57. The van der Waals surface area contributed by atoms with Crippen LogP contribution in [0.1, 0.15) is 12.7 Å². The van der Waals surface area contributed by atoms with Crippen molar-refractivity contribution in [3.63, 3.8) is 0 Å². The Bertz CT molecular complexity index is 1010. The van der Waals surface area contributed by atoms with E-state index in [-0.39, 0.29) is 0 Å². The number of benzene rings is 1.